The number of anilines is 1. The van der Waals surface area contributed by atoms with Crippen molar-refractivity contribution < 1.29 is 0 Å². The molecule has 0 bridgehead atoms. The Morgan fingerprint density at radius 3 is 2.22 bits per heavy atom. The summed E-state index contributed by atoms with van der Waals surface area (Å²) >= 11 is 0. The standard InChI is InChI=1S/C21H22N2/c1-16-6-5-9-19(14-16)21(18-7-3-2-4-8-18)23-15-17-10-12-20(22)13-11-17/h2-14,21,23H,15,22H2,1H3. The largest absolute Gasteiger partial charge is 0.399 e. The van der Waals surface area contributed by atoms with Crippen LogP contribution in [0.3, 0.4) is 0 Å². The first-order chi connectivity index (χ1) is 11.2. The van der Waals surface area contributed by atoms with Crippen molar-refractivity contribution >= 4 is 5.69 Å². The maximum Gasteiger partial charge on any atom is 0.0579 e. The molecule has 1 atom stereocenters. The Morgan fingerprint density at radius 1 is 0.826 bits per heavy atom. The minimum Gasteiger partial charge on any atom is -0.399 e. The summed E-state index contributed by atoms with van der Waals surface area (Å²) in [5, 5.41) is 3.67. The second-order valence-corrected chi connectivity index (χ2v) is 5.88. The molecule has 23 heavy (non-hydrogen) atoms. The van der Waals surface area contributed by atoms with Gasteiger partial charge >= 0.3 is 0 Å². The summed E-state index contributed by atoms with van der Waals surface area (Å²) in [4.78, 5) is 0. The number of rotatable bonds is 5. The van der Waals surface area contributed by atoms with Crippen molar-refractivity contribution in [3.8, 4) is 0 Å². The van der Waals surface area contributed by atoms with Crippen LogP contribution in [-0.4, -0.2) is 0 Å². The van der Waals surface area contributed by atoms with Crippen LogP contribution in [0, 0.1) is 6.92 Å². The molecule has 0 aliphatic carbocycles. The SMILES string of the molecule is Cc1cccc(C(NCc2ccc(N)cc2)c2ccccc2)c1. The van der Waals surface area contributed by atoms with Gasteiger partial charge in [-0.1, -0.05) is 72.3 Å². The number of aryl methyl sites for hydroxylation is 1. The molecule has 3 N–H and O–H groups in total. The van der Waals surface area contributed by atoms with Crippen molar-refractivity contribution in [1.82, 2.24) is 5.32 Å². The van der Waals surface area contributed by atoms with Gasteiger partial charge in [-0.2, -0.15) is 0 Å². The molecule has 0 spiro atoms. The molecule has 0 radical (unpaired) electrons. The summed E-state index contributed by atoms with van der Waals surface area (Å²) in [6.07, 6.45) is 0. The number of benzene rings is 3. The summed E-state index contributed by atoms with van der Waals surface area (Å²) in [6.45, 7) is 2.93. The number of nitrogens with two attached hydrogens (primary N) is 1. The van der Waals surface area contributed by atoms with Gasteiger partial charge in [0, 0.05) is 12.2 Å². The predicted molar refractivity (Wildman–Crippen MR) is 97.2 cm³/mol. The average molecular weight is 302 g/mol. The van der Waals surface area contributed by atoms with Gasteiger partial charge in [0.25, 0.3) is 0 Å². The highest BCUT2D eigenvalue weighted by Crippen LogP contribution is 2.23. The molecule has 0 fully saturated rings. The minimum atomic E-state index is 0.175. The highest BCUT2D eigenvalue weighted by molar-refractivity contribution is 5.39. The lowest BCUT2D eigenvalue weighted by Gasteiger charge is -2.20. The first-order valence-corrected chi connectivity index (χ1v) is 7.92. The number of nitrogen functional groups attached to an aromatic ring is 1. The smallest absolute Gasteiger partial charge is 0.0579 e. The van der Waals surface area contributed by atoms with Crippen LogP contribution in [0.25, 0.3) is 0 Å². The van der Waals surface area contributed by atoms with Gasteiger partial charge in [-0.05, 0) is 35.7 Å². The van der Waals surface area contributed by atoms with Gasteiger partial charge in [-0.25, -0.2) is 0 Å². The zero-order chi connectivity index (χ0) is 16.1. The van der Waals surface area contributed by atoms with Gasteiger partial charge in [0.1, 0.15) is 0 Å². The molecule has 3 aromatic carbocycles. The minimum absolute atomic E-state index is 0.175. The molecule has 0 aliphatic rings. The molecule has 2 heteroatoms. The molecule has 2 nitrogen and oxygen atoms in total. The molecular weight excluding hydrogens is 280 g/mol. The van der Waals surface area contributed by atoms with E-state index in [1.54, 1.807) is 0 Å². The Balaban J connectivity index is 1.85. The van der Waals surface area contributed by atoms with Crippen LogP contribution in [0.1, 0.15) is 28.3 Å². The van der Waals surface area contributed by atoms with Crippen LogP contribution < -0.4 is 11.1 Å². The fourth-order valence-corrected chi connectivity index (χ4v) is 2.78. The molecular formula is C21H22N2. The Bertz CT molecular complexity index is 748. The van der Waals surface area contributed by atoms with Crippen LogP contribution in [0.2, 0.25) is 0 Å². The average Bonchev–Trinajstić information content (AvgIpc) is 2.58. The second-order valence-electron chi connectivity index (χ2n) is 5.88. The molecule has 1 unspecified atom stereocenters. The summed E-state index contributed by atoms with van der Waals surface area (Å²) in [5.74, 6) is 0. The van der Waals surface area contributed by atoms with Crippen LogP contribution in [0.5, 0.6) is 0 Å². The zero-order valence-corrected chi connectivity index (χ0v) is 13.4. The normalized spacial score (nSPS) is 12.0. The Labute approximate surface area is 138 Å². The Hall–Kier alpha value is -2.58. The Kier molecular flexibility index (Phi) is 4.74. The summed E-state index contributed by atoms with van der Waals surface area (Å²) in [5.41, 5.74) is 11.6. The molecule has 116 valence electrons. The van der Waals surface area contributed by atoms with Gasteiger partial charge in [0.05, 0.1) is 6.04 Å². The van der Waals surface area contributed by atoms with E-state index in [4.69, 9.17) is 5.73 Å². The van der Waals surface area contributed by atoms with Gasteiger partial charge in [0.2, 0.25) is 0 Å². The zero-order valence-electron chi connectivity index (χ0n) is 13.4. The highest BCUT2D eigenvalue weighted by atomic mass is 14.9. The first-order valence-electron chi connectivity index (χ1n) is 7.92. The third-order valence-electron chi connectivity index (χ3n) is 4.00. The van der Waals surface area contributed by atoms with E-state index in [0.29, 0.717) is 0 Å². The van der Waals surface area contributed by atoms with Crippen molar-refractivity contribution in [1.29, 1.82) is 0 Å². The van der Waals surface area contributed by atoms with Gasteiger partial charge < -0.3 is 11.1 Å². The van der Waals surface area contributed by atoms with Crippen LogP contribution in [0.4, 0.5) is 5.69 Å². The maximum atomic E-state index is 5.76. The van der Waals surface area contributed by atoms with Crippen LogP contribution in [-0.2, 0) is 6.54 Å². The summed E-state index contributed by atoms with van der Waals surface area (Å²) in [6, 6.07) is 27.4. The van der Waals surface area contributed by atoms with E-state index in [1.165, 1.54) is 22.3 Å². The highest BCUT2D eigenvalue weighted by Gasteiger charge is 2.13. The molecule has 0 aromatic heterocycles. The van der Waals surface area contributed by atoms with Crippen LogP contribution >= 0.6 is 0 Å². The van der Waals surface area contributed by atoms with Crippen LogP contribution in [0.15, 0.2) is 78.9 Å². The Morgan fingerprint density at radius 2 is 1.52 bits per heavy atom. The third-order valence-corrected chi connectivity index (χ3v) is 4.00. The molecule has 3 aromatic rings. The molecule has 0 saturated heterocycles. The summed E-state index contributed by atoms with van der Waals surface area (Å²) in [7, 11) is 0. The third kappa shape index (κ3) is 3.99. The van der Waals surface area contributed by atoms with Crippen molar-refractivity contribution in [2.75, 3.05) is 5.73 Å². The molecule has 0 aliphatic heterocycles. The van der Waals surface area contributed by atoms with Gasteiger partial charge in [-0.3, -0.25) is 0 Å². The second kappa shape index (κ2) is 7.12. The number of hydrogen-bond acceptors (Lipinski definition) is 2. The quantitative estimate of drug-likeness (QED) is 0.683. The fraction of sp³-hybridized carbons (Fsp3) is 0.143. The van der Waals surface area contributed by atoms with E-state index in [9.17, 15) is 0 Å². The van der Waals surface area contributed by atoms with E-state index in [2.05, 4.69) is 79.0 Å². The van der Waals surface area contributed by atoms with Crippen molar-refractivity contribution in [3.63, 3.8) is 0 Å². The first kappa shape index (κ1) is 15.3. The predicted octanol–water partition coefficient (Wildman–Crippen LogP) is 4.46. The lowest BCUT2D eigenvalue weighted by atomic mass is 9.97. The van der Waals surface area contributed by atoms with E-state index < -0.39 is 0 Å². The van der Waals surface area contributed by atoms with Gasteiger partial charge in [0.15, 0.2) is 0 Å². The molecule has 3 rings (SSSR count). The van der Waals surface area contributed by atoms with E-state index >= 15 is 0 Å². The van der Waals surface area contributed by atoms with Crippen molar-refractivity contribution in [3.05, 3.63) is 101 Å². The number of nitrogens with one attached hydrogen (secondary N) is 1. The van der Waals surface area contributed by atoms with E-state index in [1.807, 2.05) is 12.1 Å². The van der Waals surface area contributed by atoms with E-state index in [0.717, 1.165) is 12.2 Å². The van der Waals surface area contributed by atoms with E-state index in [-0.39, 0.29) is 6.04 Å². The number of hydrogen-bond donors (Lipinski definition) is 2. The topological polar surface area (TPSA) is 38.0 Å². The molecule has 0 heterocycles. The fourth-order valence-electron chi connectivity index (χ4n) is 2.78. The monoisotopic (exact) mass is 302 g/mol. The summed E-state index contributed by atoms with van der Waals surface area (Å²) < 4.78 is 0. The maximum absolute atomic E-state index is 5.76. The van der Waals surface area contributed by atoms with Gasteiger partial charge in [-0.15, -0.1) is 0 Å². The molecule has 0 saturated carbocycles. The molecule has 0 amide bonds. The van der Waals surface area contributed by atoms with Crippen molar-refractivity contribution in [2.45, 2.75) is 19.5 Å². The lowest BCUT2D eigenvalue weighted by molar-refractivity contribution is 0.605. The van der Waals surface area contributed by atoms with Crippen molar-refractivity contribution in [2.24, 2.45) is 0 Å². The lowest BCUT2D eigenvalue weighted by Crippen LogP contribution is -2.22.